The average Bonchev–Trinajstić information content (AvgIpc) is 2.15. The molecule has 100 valence electrons. The molecule has 0 aromatic carbocycles. The van der Waals surface area contributed by atoms with Crippen molar-refractivity contribution in [3.63, 3.8) is 0 Å². The number of carbonyl (C=O) groups excluding carboxylic acids is 1. The van der Waals surface area contributed by atoms with Gasteiger partial charge >= 0.3 is 12.3 Å². The highest BCUT2D eigenvalue weighted by Gasteiger charge is 2.32. The minimum atomic E-state index is -4.77. The maximum atomic E-state index is 12.0. The van der Waals surface area contributed by atoms with Gasteiger partial charge in [0.15, 0.2) is 0 Å². The van der Waals surface area contributed by atoms with Crippen molar-refractivity contribution in [2.75, 3.05) is 6.61 Å². The normalized spacial score (nSPS) is 12.4. The summed E-state index contributed by atoms with van der Waals surface area (Å²) in [6.07, 6.45) is -1.75. The molecule has 0 bridgehead atoms. The van der Waals surface area contributed by atoms with E-state index in [1.807, 2.05) is 6.92 Å². The first-order valence-electron chi connectivity index (χ1n) is 5.52. The summed E-state index contributed by atoms with van der Waals surface area (Å²) in [4.78, 5) is 11.0. The molecule has 0 saturated heterocycles. The minimum absolute atomic E-state index is 0.0756. The van der Waals surface area contributed by atoms with Crippen molar-refractivity contribution in [1.82, 2.24) is 0 Å². The summed E-state index contributed by atoms with van der Waals surface area (Å²) in [5.41, 5.74) is 0. The average molecular weight is 254 g/mol. The number of hydrogen-bond donors (Lipinski definition) is 0. The van der Waals surface area contributed by atoms with Gasteiger partial charge in [0.2, 0.25) is 0 Å². The van der Waals surface area contributed by atoms with Gasteiger partial charge in [-0.1, -0.05) is 19.8 Å². The van der Waals surface area contributed by atoms with Gasteiger partial charge in [-0.25, -0.2) is 4.79 Å². The number of allylic oxidation sites excluding steroid dienone is 1. The van der Waals surface area contributed by atoms with Crippen molar-refractivity contribution in [3.05, 3.63) is 11.8 Å². The Bertz CT molecular complexity index is 259. The standard InChI is InChI=1S/C11H17F3O3/c1-3-5-6-7-9(17-11(12,13)14)8-10(15)16-4-2/h8H,3-7H2,1-2H3. The molecule has 0 aliphatic heterocycles. The van der Waals surface area contributed by atoms with Gasteiger partial charge in [0.05, 0.1) is 12.7 Å². The maximum Gasteiger partial charge on any atom is 0.572 e. The molecule has 0 aromatic rings. The number of unbranched alkanes of at least 4 members (excludes halogenated alkanes) is 2. The Balaban J connectivity index is 4.43. The van der Waals surface area contributed by atoms with Crippen LogP contribution in [0.15, 0.2) is 11.8 Å². The van der Waals surface area contributed by atoms with Crippen molar-refractivity contribution in [3.8, 4) is 0 Å². The summed E-state index contributed by atoms with van der Waals surface area (Å²) in [6.45, 7) is 3.62. The molecule has 0 atom stereocenters. The molecule has 0 rings (SSSR count). The Morgan fingerprint density at radius 1 is 1.24 bits per heavy atom. The number of esters is 1. The molecule has 3 nitrogen and oxygen atoms in total. The molecule has 0 aliphatic carbocycles. The maximum absolute atomic E-state index is 12.0. The number of carbonyl (C=O) groups is 1. The van der Waals surface area contributed by atoms with E-state index < -0.39 is 18.1 Å². The van der Waals surface area contributed by atoms with Crippen LogP contribution < -0.4 is 0 Å². The molecule has 0 amide bonds. The molecule has 17 heavy (non-hydrogen) atoms. The van der Waals surface area contributed by atoms with Gasteiger partial charge in [-0.15, -0.1) is 13.2 Å². The van der Waals surface area contributed by atoms with Gasteiger partial charge in [-0.2, -0.15) is 0 Å². The predicted molar refractivity (Wildman–Crippen MR) is 56.0 cm³/mol. The summed E-state index contributed by atoms with van der Waals surface area (Å²) < 4.78 is 44.4. The van der Waals surface area contributed by atoms with Crippen LogP contribution >= 0.6 is 0 Å². The second-order valence-electron chi connectivity index (χ2n) is 3.37. The second-order valence-corrected chi connectivity index (χ2v) is 3.37. The van der Waals surface area contributed by atoms with Crippen LogP contribution in [0.4, 0.5) is 13.2 Å². The number of halogens is 3. The van der Waals surface area contributed by atoms with Crippen LogP contribution in [0.25, 0.3) is 0 Å². The first-order valence-corrected chi connectivity index (χ1v) is 5.52. The van der Waals surface area contributed by atoms with Crippen LogP contribution in [0.1, 0.15) is 39.5 Å². The molecular weight excluding hydrogens is 237 g/mol. The Hall–Kier alpha value is -1.20. The fourth-order valence-electron chi connectivity index (χ4n) is 1.17. The summed E-state index contributed by atoms with van der Waals surface area (Å²) in [7, 11) is 0. The van der Waals surface area contributed by atoms with E-state index >= 15 is 0 Å². The number of alkyl halides is 3. The zero-order valence-electron chi connectivity index (χ0n) is 9.97. The smallest absolute Gasteiger partial charge is 0.463 e. The van der Waals surface area contributed by atoms with Crippen LogP contribution in [0.5, 0.6) is 0 Å². The molecule has 0 radical (unpaired) electrons. The van der Waals surface area contributed by atoms with Crippen LogP contribution in [-0.2, 0) is 14.3 Å². The summed E-state index contributed by atoms with van der Waals surface area (Å²) in [6, 6.07) is 0. The summed E-state index contributed by atoms with van der Waals surface area (Å²) in [5, 5.41) is 0. The van der Waals surface area contributed by atoms with E-state index in [0.717, 1.165) is 18.9 Å². The van der Waals surface area contributed by atoms with E-state index in [4.69, 9.17) is 0 Å². The lowest BCUT2D eigenvalue weighted by atomic mass is 10.2. The Morgan fingerprint density at radius 2 is 1.88 bits per heavy atom. The van der Waals surface area contributed by atoms with Gasteiger partial charge in [-0.3, -0.25) is 0 Å². The summed E-state index contributed by atoms with van der Waals surface area (Å²) in [5.74, 6) is -1.22. The van der Waals surface area contributed by atoms with Gasteiger partial charge in [0, 0.05) is 6.42 Å². The van der Waals surface area contributed by atoms with Gasteiger partial charge < -0.3 is 9.47 Å². The lowest BCUT2D eigenvalue weighted by Gasteiger charge is -2.12. The van der Waals surface area contributed by atoms with Gasteiger partial charge in [0.25, 0.3) is 0 Å². The lowest BCUT2D eigenvalue weighted by molar-refractivity contribution is -0.306. The number of rotatable bonds is 7. The SMILES string of the molecule is CCCCCC(=CC(=O)OCC)OC(F)(F)F. The molecule has 0 unspecified atom stereocenters. The molecule has 6 heteroatoms. The van der Waals surface area contributed by atoms with Crippen molar-refractivity contribution in [2.24, 2.45) is 0 Å². The molecule has 0 fully saturated rings. The largest absolute Gasteiger partial charge is 0.572 e. The third-order valence-corrected chi connectivity index (χ3v) is 1.84. The molecular formula is C11H17F3O3. The monoisotopic (exact) mass is 254 g/mol. The fourth-order valence-corrected chi connectivity index (χ4v) is 1.17. The molecule has 0 aliphatic rings. The zero-order chi connectivity index (χ0) is 13.3. The van der Waals surface area contributed by atoms with E-state index in [1.165, 1.54) is 0 Å². The Morgan fingerprint density at radius 3 is 2.35 bits per heavy atom. The highest BCUT2D eigenvalue weighted by atomic mass is 19.4. The highest BCUT2D eigenvalue weighted by molar-refractivity contribution is 5.82. The number of ether oxygens (including phenoxy) is 2. The number of hydrogen-bond acceptors (Lipinski definition) is 3. The minimum Gasteiger partial charge on any atom is -0.463 e. The van der Waals surface area contributed by atoms with Crippen molar-refractivity contribution in [1.29, 1.82) is 0 Å². The van der Waals surface area contributed by atoms with Crippen molar-refractivity contribution in [2.45, 2.75) is 45.9 Å². The lowest BCUT2D eigenvalue weighted by Crippen LogP contribution is -2.14. The fraction of sp³-hybridized carbons (Fsp3) is 0.727. The third kappa shape index (κ3) is 9.71. The van der Waals surface area contributed by atoms with Crippen LogP contribution in [0, 0.1) is 0 Å². The first-order chi connectivity index (χ1) is 7.89. The Kier molecular flexibility index (Phi) is 7.41. The van der Waals surface area contributed by atoms with E-state index in [2.05, 4.69) is 9.47 Å². The quantitative estimate of drug-likeness (QED) is 0.301. The molecule has 0 spiro atoms. The van der Waals surface area contributed by atoms with Gasteiger partial charge in [-0.05, 0) is 13.3 Å². The molecule has 0 heterocycles. The molecule has 0 N–H and O–H groups in total. The molecule has 0 aromatic heterocycles. The van der Waals surface area contributed by atoms with Crippen LogP contribution in [-0.4, -0.2) is 18.9 Å². The van der Waals surface area contributed by atoms with Crippen LogP contribution in [0.2, 0.25) is 0 Å². The molecule has 0 saturated carbocycles. The van der Waals surface area contributed by atoms with E-state index in [9.17, 15) is 18.0 Å². The van der Waals surface area contributed by atoms with Crippen molar-refractivity contribution >= 4 is 5.97 Å². The first kappa shape index (κ1) is 15.8. The van der Waals surface area contributed by atoms with Crippen molar-refractivity contribution < 1.29 is 27.4 Å². The highest BCUT2D eigenvalue weighted by Crippen LogP contribution is 2.23. The third-order valence-electron chi connectivity index (χ3n) is 1.84. The van der Waals surface area contributed by atoms with E-state index in [1.54, 1.807) is 6.92 Å². The van der Waals surface area contributed by atoms with Crippen LogP contribution in [0.3, 0.4) is 0 Å². The predicted octanol–water partition coefficient (Wildman–Crippen LogP) is 3.55. The Labute approximate surface area is 98.6 Å². The summed E-state index contributed by atoms with van der Waals surface area (Å²) >= 11 is 0. The van der Waals surface area contributed by atoms with Gasteiger partial charge in [0.1, 0.15) is 5.76 Å². The topological polar surface area (TPSA) is 35.5 Å². The van der Waals surface area contributed by atoms with E-state index in [0.29, 0.717) is 6.42 Å². The zero-order valence-corrected chi connectivity index (χ0v) is 9.97. The van der Waals surface area contributed by atoms with E-state index in [-0.39, 0.29) is 13.0 Å². The second kappa shape index (κ2) is 7.97.